The van der Waals surface area contributed by atoms with Crippen molar-refractivity contribution in [1.29, 1.82) is 0 Å². The lowest BCUT2D eigenvalue weighted by atomic mass is 10.1. The monoisotopic (exact) mass is 405 g/mol. The van der Waals surface area contributed by atoms with Gasteiger partial charge in [-0.15, -0.1) is 11.7 Å². The number of ether oxygens (including phenoxy) is 2. The summed E-state index contributed by atoms with van der Waals surface area (Å²) in [5.41, 5.74) is 1.67. The largest absolute Gasteiger partial charge is 0.490 e. The number of aliphatic carboxylic acids is 1. The standard InChI is InChI=1S/C19H23N3O5S/c1-4-7-13-8-12(9-14(26-5-2)17(13)27-6-3)11-20-22-19-21-18(25)15(28-19)10-16(23)24/h4,8-9,11,15H,1,5-7,10H2,2-3H3,(H,23,24)(H,21,22,25). The van der Waals surface area contributed by atoms with Crippen LogP contribution in [0.5, 0.6) is 11.5 Å². The van der Waals surface area contributed by atoms with E-state index in [1.807, 2.05) is 19.9 Å². The van der Waals surface area contributed by atoms with Crippen LogP contribution in [-0.4, -0.2) is 46.8 Å². The molecule has 1 fully saturated rings. The van der Waals surface area contributed by atoms with E-state index in [0.29, 0.717) is 31.1 Å². The van der Waals surface area contributed by atoms with Crippen molar-refractivity contribution in [2.45, 2.75) is 31.9 Å². The molecular weight excluding hydrogens is 382 g/mol. The Morgan fingerprint density at radius 1 is 1.36 bits per heavy atom. The molecule has 2 rings (SSSR count). The second-order valence-corrected chi connectivity index (χ2v) is 6.90. The maximum atomic E-state index is 11.7. The lowest BCUT2D eigenvalue weighted by Gasteiger charge is -2.15. The smallest absolute Gasteiger partial charge is 0.305 e. The first kappa shape index (κ1) is 21.5. The van der Waals surface area contributed by atoms with E-state index < -0.39 is 11.2 Å². The van der Waals surface area contributed by atoms with Gasteiger partial charge in [-0.05, 0) is 38.0 Å². The van der Waals surface area contributed by atoms with Gasteiger partial charge < -0.3 is 19.9 Å². The predicted molar refractivity (Wildman–Crippen MR) is 109 cm³/mol. The number of amidine groups is 1. The quantitative estimate of drug-likeness (QED) is 0.352. The highest BCUT2D eigenvalue weighted by Crippen LogP contribution is 2.33. The molecule has 0 spiro atoms. The fourth-order valence-corrected chi connectivity index (χ4v) is 3.44. The van der Waals surface area contributed by atoms with Gasteiger partial charge in [0.1, 0.15) is 5.25 Å². The summed E-state index contributed by atoms with van der Waals surface area (Å²) in [7, 11) is 0. The second-order valence-electron chi connectivity index (χ2n) is 5.71. The van der Waals surface area contributed by atoms with E-state index in [1.54, 1.807) is 12.1 Å². The van der Waals surface area contributed by atoms with Gasteiger partial charge >= 0.3 is 5.97 Å². The van der Waals surface area contributed by atoms with Crippen molar-refractivity contribution >= 4 is 35.0 Å². The van der Waals surface area contributed by atoms with Crippen LogP contribution in [0.3, 0.4) is 0 Å². The maximum Gasteiger partial charge on any atom is 0.305 e. The molecule has 1 saturated heterocycles. The minimum atomic E-state index is -1.04. The van der Waals surface area contributed by atoms with Crippen molar-refractivity contribution in [2.75, 3.05) is 13.2 Å². The van der Waals surface area contributed by atoms with E-state index in [-0.39, 0.29) is 17.5 Å². The molecule has 0 radical (unpaired) electrons. The average Bonchev–Trinajstić information content (AvgIpc) is 2.97. The van der Waals surface area contributed by atoms with Crippen LogP contribution < -0.4 is 14.8 Å². The SMILES string of the molecule is C=CCc1cc(C=NN=C2NC(=O)C(CC(=O)O)S2)cc(OCC)c1OCC. The zero-order chi connectivity index (χ0) is 20.5. The van der Waals surface area contributed by atoms with Gasteiger partial charge in [0.15, 0.2) is 16.7 Å². The zero-order valence-corrected chi connectivity index (χ0v) is 16.6. The van der Waals surface area contributed by atoms with Crippen LogP contribution in [0.25, 0.3) is 0 Å². The molecule has 9 heteroatoms. The molecule has 8 nitrogen and oxygen atoms in total. The van der Waals surface area contributed by atoms with Crippen LogP contribution in [0, 0.1) is 0 Å². The number of thioether (sulfide) groups is 1. The Bertz CT molecular complexity index is 807. The highest BCUT2D eigenvalue weighted by atomic mass is 32.2. The third-order valence-corrected chi connectivity index (χ3v) is 4.67. The zero-order valence-electron chi connectivity index (χ0n) is 15.8. The fraction of sp³-hybridized carbons (Fsp3) is 0.368. The van der Waals surface area contributed by atoms with Gasteiger partial charge in [-0.25, -0.2) is 0 Å². The minimum absolute atomic E-state index is 0.263. The van der Waals surface area contributed by atoms with Gasteiger partial charge in [-0.2, -0.15) is 5.10 Å². The van der Waals surface area contributed by atoms with E-state index in [0.717, 1.165) is 22.9 Å². The summed E-state index contributed by atoms with van der Waals surface area (Å²) in [4.78, 5) is 22.5. The molecule has 1 aromatic rings. The number of carbonyl (C=O) groups excluding carboxylic acids is 1. The topological polar surface area (TPSA) is 110 Å². The number of benzene rings is 1. The summed E-state index contributed by atoms with van der Waals surface area (Å²) >= 11 is 1.05. The highest BCUT2D eigenvalue weighted by Gasteiger charge is 2.32. The molecular formula is C19H23N3O5S. The molecule has 28 heavy (non-hydrogen) atoms. The number of allylic oxidation sites excluding steroid dienone is 1. The summed E-state index contributed by atoms with van der Waals surface area (Å²) in [6, 6.07) is 3.71. The molecule has 0 aliphatic carbocycles. The lowest BCUT2D eigenvalue weighted by molar-refractivity contribution is -0.138. The van der Waals surface area contributed by atoms with E-state index in [9.17, 15) is 9.59 Å². The minimum Gasteiger partial charge on any atom is -0.490 e. The first-order valence-corrected chi connectivity index (χ1v) is 9.70. The molecule has 1 aromatic carbocycles. The van der Waals surface area contributed by atoms with Gasteiger partial charge in [0, 0.05) is 5.56 Å². The number of nitrogens with one attached hydrogen (secondary N) is 1. The van der Waals surface area contributed by atoms with Crippen LogP contribution in [0.15, 0.2) is 35.0 Å². The maximum absolute atomic E-state index is 11.7. The van der Waals surface area contributed by atoms with Crippen LogP contribution in [-0.2, 0) is 16.0 Å². The number of carbonyl (C=O) groups is 2. The third kappa shape index (κ3) is 5.85. The average molecular weight is 405 g/mol. The Morgan fingerprint density at radius 2 is 2.11 bits per heavy atom. The number of hydrogen-bond donors (Lipinski definition) is 2. The molecule has 0 aromatic heterocycles. The molecule has 0 bridgehead atoms. The van der Waals surface area contributed by atoms with Gasteiger partial charge in [-0.3, -0.25) is 9.59 Å². The summed E-state index contributed by atoms with van der Waals surface area (Å²) in [6.07, 6.45) is 3.66. The second kappa shape index (κ2) is 10.5. The summed E-state index contributed by atoms with van der Waals surface area (Å²) in [6.45, 7) is 8.58. The number of hydrogen-bond acceptors (Lipinski definition) is 7. The molecule has 1 amide bonds. The Balaban J connectivity index is 2.21. The Kier molecular flexibility index (Phi) is 8.06. The number of carboxylic acids is 1. The summed E-state index contributed by atoms with van der Waals surface area (Å²) in [5.74, 6) is -0.120. The molecule has 1 aliphatic rings. The van der Waals surface area contributed by atoms with E-state index >= 15 is 0 Å². The number of amides is 1. The summed E-state index contributed by atoms with van der Waals surface area (Å²) in [5, 5.41) is 18.9. The first-order chi connectivity index (χ1) is 13.5. The van der Waals surface area contributed by atoms with Gasteiger partial charge in [0.25, 0.3) is 0 Å². The molecule has 2 N–H and O–H groups in total. The normalized spacial score (nSPS) is 17.7. The van der Waals surface area contributed by atoms with Crippen LogP contribution in [0.2, 0.25) is 0 Å². The highest BCUT2D eigenvalue weighted by molar-refractivity contribution is 8.15. The lowest BCUT2D eigenvalue weighted by Crippen LogP contribution is -2.26. The van der Waals surface area contributed by atoms with Crippen molar-refractivity contribution in [3.05, 3.63) is 35.9 Å². The molecule has 1 unspecified atom stereocenters. The molecule has 1 aliphatic heterocycles. The number of carboxylic acid groups (broad SMARTS) is 1. The first-order valence-electron chi connectivity index (χ1n) is 8.82. The van der Waals surface area contributed by atoms with E-state index in [4.69, 9.17) is 14.6 Å². The van der Waals surface area contributed by atoms with Crippen LogP contribution >= 0.6 is 11.8 Å². The van der Waals surface area contributed by atoms with Crippen LogP contribution in [0.4, 0.5) is 0 Å². The van der Waals surface area contributed by atoms with Crippen LogP contribution in [0.1, 0.15) is 31.4 Å². The fourth-order valence-electron chi connectivity index (χ4n) is 2.53. The Morgan fingerprint density at radius 3 is 2.75 bits per heavy atom. The van der Waals surface area contributed by atoms with Crippen molar-refractivity contribution < 1.29 is 24.2 Å². The molecule has 1 atom stereocenters. The van der Waals surface area contributed by atoms with Gasteiger partial charge in [0.2, 0.25) is 5.91 Å². The van der Waals surface area contributed by atoms with Crippen molar-refractivity contribution in [3.63, 3.8) is 0 Å². The third-order valence-electron chi connectivity index (χ3n) is 3.60. The van der Waals surface area contributed by atoms with E-state index in [1.165, 1.54) is 6.21 Å². The van der Waals surface area contributed by atoms with Crippen molar-refractivity contribution in [1.82, 2.24) is 5.32 Å². The van der Waals surface area contributed by atoms with E-state index in [2.05, 4.69) is 22.1 Å². The van der Waals surface area contributed by atoms with Gasteiger partial charge in [0.05, 0.1) is 25.8 Å². The number of rotatable bonds is 10. The van der Waals surface area contributed by atoms with Crippen molar-refractivity contribution in [2.24, 2.45) is 10.2 Å². The Labute approximate surface area is 167 Å². The molecule has 0 saturated carbocycles. The van der Waals surface area contributed by atoms with Gasteiger partial charge in [-0.1, -0.05) is 17.8 Å². The predicted octanol–water partition coefficient (Wildman–Crippen LogP) is 2.61. The Hall–Kier alpha value is -2.81. The van der Waals surface area contributed by atoms with Crippen molar-refractivity contribution in [3.8, 4) is 11.5 Å². The molecule has 1 heterocycles. The number of nitrogens with zero attached hydrogens (tertiary/aromatic N) is 2. The summed E-state index contributed by atoms with van der Waals surface area (Å²) < 4.78 is 11.4. The molecule has 150 valence electrons.